The van der Waals surface area contributed by atoms with E-state index in [2.05, 4.69) is 15.9 Å². The van der Waals surface area contributed by atoms with Crippen LogP contribution < -0.4 is 0 Å². The summed E-state index contributed by atoms with van der Waals surface area (Å²) in [4.78, 5) is 12.2. The van der Waals surface area contributed by atoms with Crippen molar-refractivity contribution < 1.29 is 18.3 Å². The maximum absolute atomic E-state index is 12.7. The fourth-order valence-corrected chi connectivity index (χ4v) is 6.52. The average Bonchev–Trinajstić information content (AvgIpc) is 3.04. The zero-order valence-electron chi connectivity index (χ0n) is 11.7. The first-order chi connectivity index (χ1) is 9.86. The van der Waals surface area contributed by atoms with E-state index in [1.807, 2.05) is 12.1 Å². The van der Waals surface area contributed by atoms with Crippen LogP contribution in [0.4, 0.5) is 0 Å². The number of carboxylic acid groups (broad SMARTS) is 1. The molecule has 2 atom stereocenters. The van der Waals surface area contributed by atoms with Gasteiger partial charge in [-0.25, -0.2) is 8.42 Å². The molecule has 0 aromatic carbocycles. The first-order valence-corrected chi connectivity index (χ1v) is 9.93. The van der Waals surface area contributed by atoms with Crippen LogP contribution in [-0.4, -0.2) is 35.6 Å². The molecule has 5 nitrogen and oxygen atoms in total. The predicted octanol–water partition coefficient (Wildman–Crippen LogP) is 2.92. The van der Waals surface area contributed by atoms with E-state index < -0.39 is 27.2 Å². The molecule has 8 heteroatoms. The number of nitrogens with zero attached hydrogens (tertiary/aromatic N) is 1. The molecule has 0 aliphatic heterocycles. The van der Waals surface area contributed by atoms with Gasteiger partial charge in [-0.1, -0.05) is 13.3 Å². The van der Waals surface area contributed by atoms with Crippen molar-refractivity contribution in [3.8, 4) is 0 Å². The normalized spacial score (nSPS) is 22.8. The van der Waals surface area contributed by atoms with Crippen molar-refractivity contribution in [2.45, 2.75) is 38.0 Å². The van der Waals surface area contributed by atoms with Crippen molar-refractivity contribution in [1.29, 1.82) is 0 Å². The SMILES string of the molecule is CCN(Cc1ccc(Br)s1)S(=O)(=O)C1CCCC1C(=O)O. The lowest BCUT2D eigenvalue weighted by atomic mass is 10.1. The van der Waals surface area contributed by atoms with Crippen LogP contribution in [-0.2, 0) is 21.4 Å². The van der Waals surface area contributed by atoms with Gasteiger partial charge in [0.1, 0.15) is 0 Å². The number of sulfonamides is 1. The van der Waals surface area contributed by atoms with E-state index in [1.54, 1.807) is 6.92 Å². The number of carboxylic acids is 1. The third-order valence-electron chi connectivity index (χ3n) is 3.83. The van der Waals surface area contributed by atoms with Crippen LogP contribution in [0.3, 0.4) is 0 Å². The molecular weight excluding hydrogens is 378 g/mol. The Bertz CT molecular complexity index is 613. The molecule has 21 heavy (non-hydrogen) atoms. The topological polar surface area (TPSA) is 74.7 Å². The Hall–Kier alpha value is -0.440. The number of aliphatic carboxylic acids is 1. The number of rotatable bonds is 6. The molecule has 1 N–H and O–H groups in total. The molecule has 1 aliphatic carbocycles. The highest BCUT2D eigenvalue weighted by atomic mass is 79.9. The Balaban J connectivity index is 2.21. The largest absolute Gasteiger partial charge is 0.481 e. The summed E-state index contributed by atoms with van der Waals surface area (Å²) >= 11 is 4.85. The maximum Gasteiger partial charge on any atom is 0.307 e. The zero-order valence-corrected chi connectivity index (χ0v) is 14.9. The molecule has 0 bridgehead atoms. The second kappa shape index (κ2) is 6.76. The first kappa shape index (κ1) is 16.9. The Labute approximate surface area is 137 Å². The standard InChI is InChI=1S/C13H18BrNO4S2/c1-2-15(8-9-6-7-12(14)20-9)21(18,19)11-5-3-4-10(11)13(16)17/h6-7,10-11H,2-5,8H2,1H3,(H,16,17). The van der Waals surface area contributed by atoms with Gasteiger partial charge in [-0.15, -0.1) is 11.3 Å². The highest BCUT2D eigenvalue weighted by molar-refractivity contribution is 9.11. The minimum Gasteiger partial charge on any atom is -0.481 e. The van der Waals surface area contributed by atoms with Crippen LogP contribution in [0.15, 0.2) is 15.9 Å². The Morgan fingerprint density at radius 1 is 1.48 bits per heavy atom. The van der Waals surface area contributed by atoms with E-state index in [9.17, 15) is 18.3 Å². The summed E-state index contributed by atoms with van der Waals surface area (Å²) < 4.78 is 27.8. The Morgan fingerprint density at radius 3 is 2.71 bits per heavy atom. The lowest BCUT2D eigenvalue weighted by Crippen LogP contribution is -2.41. The summed E-state index contributed by atoms with van der Waals surface area (Å²) in [6.07, 6.45) is 1.54. The Kier molecular flexibility index (Phi) is 5.45. The molecule has 0 radical (unpaired) electrons. The second-order valence-corrected chi connectivity index (χ2v) is 9.79. The molecule has 1 fully saturated rings. The van der Waals surface area contributed by atoms with Gasteiger partial charge in [0.05, 0.1) is 15.0 Å². The fraction of sp³-hybridized carbons (Fsp3) is 0.615. The summed E-state index contributed by atoms with van der Waals surface area (Å²) in [5, 5.41) is 8.41. The lowest BCUT2D eigenvalue weighted by molar-refractivity contribution is -0.141. The van der Waals surface area contributed by atoms with E-state index in [4.69, 9.17) is 0 Å². The monoisotopic (exact) mass is 395 g/mol. The van der Waals surface area contributed by atoms with E-state index in [1.165, 1.54) is 15.6 Å². The van der Waals surface area contributed by atoms with Gasteiger partial charge in [-0.2, -0.15) is 4.31 Å². The van der Waals surface area contributed by atoms with Crippen LogP contribution in [0, 0.1) is 5.92 Å². The van der Waals surface area contributed by atoms with Gasteiger partial charge in [0.15, 0.2) is 0 Å². The molecule has 1 aliphatic rings. The van der Waals surface area contributed by atoms with E-state index in [-0.39, 0.29) is 0 Å². The van der Waals surface area contributed by atoms with Crippen molar-refractivity contribution in [1.82, 2.24) is 4.31 Å². The minimum atomic E-state index is -3.59. The van der Waals surface area contributed by atoms with Crippen molar-refractivity contribution in [2.24, 2.45) is 5.92 Å². The van der Waals surface area contributed by atoms with Crippen LogP contribution >= 0.6 is 27.3 Å². The minimum absolute atomic E-state index is 0.304. The van der Waals surface area contributed by atoms with Crippen molar-refractivity contribution >= 4 is 43.3 Å². The van der Waals surface area contributed by atoms with E-state index >= 15 is 0 Å². The first-order valence-electron chi connectivity index (χ1n) is 6.82. The number of halogens is 1. The number of carbonyl (C=O) groups is 1. The van der Waals surface area contributed by atoms with Gasteiger partial charge in [-0.05, 0) is 40.9 Å². The van der Waals surface area contributed by atoms with Crippen molar-refractivity contribution in [2.75, 3.05) is 6.54 Å². The van der Waals surface area contributed by atoms with Gasteiger partial charge in [0.2, 0.25) is 10.0 Å². The molecular formula is C13H18BrNO4S2. The van der Waals surface area contributed by atoms with Crippen molar-refractivity contribution in [3.63, 3.8) is 0 Å². The molecule has 0 spiro atoms. The van der Waals surface area contributed by atoms with Crippen molar-refractivity contribution in [3.05, 3.63) is 20.8 Å². The smallest absolute Gasteiger partial charge is 0.307 e. The summed E-state index contributed by atoms with van der Waals surface area (Å²) in [5.74, 6) is -1.78. The number of hydrogen-bond donors (Lipinski definition) is 1. The third kappa shape index (κ3) is 3.67. The highest BCUT2D eigenvalue weighted by Gasteiger charge is 2.43. The van der Waals surface area contributed by atoms with Gasteiger partial charge in [-0.3, -0.25) is 4.79 Å². The van der Waals surface area contributed by atoms with Gasteiger partial charge in [0.25, 0.3) is 0 Å². The molecule has 2 unspecified atom stereocenters. The second-order valence-electron chi connectivity index (χ2n) is 5.09. The fourth-order valence-electron chi connectivity index (χ4n) is 2.75. The Morgan fingerprint density at radius 2 is 2.19 bits per heavy atom. The zero-order chi connectivity index (χ0) is 15.6. The lowest BCUT2D eigenvalue weighted by Gasteiger charge is -2.26. The maximum atomic E-state index is 12.7. The van der Waals surface area contributed by atoms with E-state index in [0.717, 1.165) is 8.66 Å². The van der Waals surface area contributed by atoms with Crippen LogP contribution in [0.5, 0.6) is 0 Å². The molecule has 1 heterocycles. The van der Waals surface area contributed by atoms with E-state index in [0.29, 0.717) is 32.4 Å². The average molecular weight is 396 g/mol. The van der Waals surface area contributed by atoms with Gasteiger partial charge < -0.3 is 5.11 Å². The van der Waals surface area contributed by atoms with Gasteiger partial charge >= 0.3 is 5.97 Å². The summed E-state index contributed by atoms with van der Waals surface area (Å²) in [5.41, 5.74) is 0. The van der Waals surface area contributed by atoms with Gasteiger partial charge in [0, 0.05) is 18.0 Å². The highest BCUT2D eigenvalue weighted by Crippen LogP contribution is 2.34. The summed E-state index contributed by atoms with van der Waals surface area (Å²) in [6, 6.07) is 3.77. The predicted molar refractivity (Wildman–Crippen MR) is 85.8 cm³/mol. The molecule has 2 rings (SSSR count). The van der Waals surface area contributed by atoms with Crippen LogP contribution in [0.25, 0.3) is 0 Å². The van der Waals surface area contributed by atoms with Crippen LogP contribution in [0.1, 0.15) is 31.1 Å². The third-order valence-corrected chi connectivity index (χ3v) is 7.87. The quantitative estimate of drug-likeness (QED) is 0.803. The molecule has 0 saturated heterocycles. The summed E-state index contributed by atoms with van der Waals surface area (Å²) in [6.45, 7) is 2.43. The number of thiophene rings is 1. The van der Waals surface area contributed by atoms with Crippen LogP contribution in [0.2, 0.25) is 0 Å². The molecule has 1 saturated carbocycles. The molecule has 0 amide bonds. The molecule has 1 aromatic rings. The summed E-state index contributed by atoms with van der Waals surface area (Å²) in [7, 11) is -3.59. The number of hydrogen-bond acceptors (Lipinski definition) is 4. The molecule has 118 valence electrons. The molecule has 1 aromatic heterocycles.